The van der Waals surface area contributed by atoms with Crippen LogP contribution < -0.4 is 5.32 Å². The Balaban J connectivity index is 2.42. The summed E-state index contributed by atoms with van der Waals surface area (Å²) < 4.78 is 0. The van der Waals surface area contributed by atoms with Gasteiger partial charge in [-0.25, -0.2) is 0 Å². The van der Waals surface area contributed by atoms with Gasteiger partial charge in [-0.2, -0.15) is 0 Å². The van der Waals surface area contributed by atoms with E-state index in [0.717, 1.165) is 11.7 Å². The van der Waals surface area contributed by atoms with Crippen molar-refractivity contribution >= 4 is 16.9 Å². The molecule has 0 amide bonds. The molecule has 1 heterocycles. The first-order valence-corrected chi connectivity index (χ1v) is 6.47. The van der Waals surface area contributed by atoms with Crippen LogP contribution >= 0.6 is 11.8 Å². The second kappa shape index (κ2) is 5.64. The second-order valence-electron chi connectivity index (χ2n) is 4.37. The van der Waals surface area contributed by atoms with E-state index in [4.69, 9.17) is 0 Å². The number of aliphatic imine (C=N–C) groups is 1. The van der Waals surface area contributed by atoms with Gasteiger partial charge in [0.1, 0.15) is 0 Å². The highest BCUT2D eigenvalue weighted by atomic mass is 32.2. The van der Waals surface area contributed by atoms with E-state index in [2.05, 4.69) is 38.0 Å². The SMILES string of the molecule is CCC(C)CN=C1NC(C)CC(C)S1. The molecule has 1 rings (SSSR count). The largest absolute Gasteiger partial charge is 0.362 e. The zero-order chi connectivity index (χ0) is 10.6. The molecule has 0 bridgehead atoms. The first-order chi connectivity index (χ1) is 6.61. The lowest BCUT2D eigenvalue weighted by molar-refractivity contribution is 0.567. The van der Waals surface area contributed by atoms with Crippen LogP contribution in [0.1, 0.15) is 40.5 Å². The van der Waals surface area contributed by atoms with Gasteiger partial charge in [0.15, 0.2) is 5.17 Å². The molecule has 1 aliphatic heterocycles. The molecule has 0 saturated carbocycles. The van der Waals surface area contributed by atoms with Crippen LogP contribution in [-0.2, 0) is 0 Å². The maximum absolute atomic E-state index is 4.62. The smallest absolute Gasteiger partial charge is 0.157 e. The standard InChI is InChI=1S/C11H22N2S/c1-5-8(2)7-12-11-13-9(3)6-10(4)14-11/h8-10H,5-7H2,1-4H3,(H,12,13). The van der Waals surface area contributed by atoms with E-state index < -0.39 is 0 Å². The van der Waals surface area contributed by atoms with E-state index >= 15 is 0 Å². The molecular formula is C11H22N2S. The molecule has 14 heavy (non-hydrogen) atoms. The Morgan fingerprint density at radius 3 is 2.86 bits per heavy atom. The van der Waals surface area contributed by atoms with Gasteiger partial charge in [-0.15, -0.1) is 0 Å². The summed E-state index contributed by atoms with van der Waals surface area (Å²) in [5.41, 5.74) is 0. The van der Waals surface area contributed by atoms with Gasteiger partial charge in [0.05, 0.1) is 0 Å². The summed E-state index contributed by atoms with van der Waals surface area (Å²) in [6.07, 6.45) is 2.46. The minimum absolute atomic E-state index is 0.585. The highest BCUT2D eigenvalue weighted by Crippen LogP contribution is 2.22. The van der Waals surface area contributed by atoms with Crippen LogP contribution in [0.4, 0.5) is 0 Å². The third kappa shape index (κ3) is 3.91. The van der Waals surface area contributed by atoms with E-state index in [1.54, 1.807) is 0 Å². The van der Waals surface area contributed by atoms with Crippen LogP contribution in [0.3, 0.4) is 0 Å². The number of rotatable bonds is 3. The van der Waals surface area contributed by atoms with Gasteiger partial charge in [-0.05, 0) is 19.3 Å². The molecule has 0 spiro atoms. The molecule has 3 heteroatoms. The van der Waals surface area contributed by atoms with E-state index in [0.29, 0.717) is 17.2 Å². The zero-order valence-electron chi connectivity index (χ0n) is 9.71. The summed E-state index contributed by atoms with van der Waals surface area (Å²) in [6.45, 7) is 9.95. The van der Waals surface area contributed by atoms with E-state index in [1.807, 2.05) is 11.8 Å². The van der Waals surface area contributed by atoms with Crippen molar-refractivity contribution in [2.24, 2.45) is 10.9 Å². The Bertz CT molecular complexity index is 191. The van der Waals surface area contributed by atoms with Crippen molar-refractivity contribution in [1.82, 2.24) is 5.32 Å². The first-order valence-electron chi connectivity index (χ1n) is 5.59. The number of nitrogens with one attached hydrogen (secondary N) is 1. The van der Waals surface area contributed by atoms with Crippen molar-refractivity contribution in [2.75, 3.05) is 6.54 Å². The van der Waals surface area contributed by atoms with Crippen LogP contribution in [0.2, 0.25) is 0 Å². The van der Waals surface area contributed by atoms with Gasteiger partial charge in [0.2, 0.25) is 0 Å². The Kier molecular flexibility index (Phi) is 4.79. The van der Waals surface area contributed by atoms with Crippen molar-refractivity contribution < 1.29 is 0 Å². The van der Waals surface area contributed by atoms with Crippen molar-refractivity contribution in [2.45, 2.75) is 51.8 Å². The van der Waals surface area contributed by atoms with Crippen LogP contribution in [0.5, 0.6) is 0 Å². The number of hydrogen-bond donors (Lipinski definition) is 1. The van der Waals surface area contributed by atoms with Crippen LogP contribution in [0, 0.1) is 5.92 Å². The molecule has 0 aromatic heterocycles. The molecule has 82 valence electrons. The average molecular weight is 214 g/mol. The first kappa shape index (κ1) is 11.9. The third-order valence-electron chi connectivity index (χ3n) is 2.61. The Hall–Kier alpha value is -0.180. The van der Waals surface area contributed by atoms with Gasteiger partial charge < -0.3 is 5.32 Å². The summed E-state index contributed by atoms with van der Waals surface area (Å²) in [5, 5.41) is 5.30. The van der Waals surface area contributed by atoms with Gasteiger partial charge >= 0.3 is 0 Å². The van der Waals surface area contributed by atoms with E-state index in [-0.39, 0.29) is 0 Å². The minimum atomic E-state index is 0.585. The lowest BCUT2D eigenvalue weighted by Crippen LogP contribution is -2.38. The van der Waals surface area contributed by atoms with Crippen LogP contribution in [0.15, 0.2) is 4.99 Å². The Morgan fingerprint density at radius 1 is 1.57 bits per heavy atom. The number of amidine groups is 1. The molecule has 1 N–H and O–H groups in total. The summed E-state index contributed by atoms with van der Waals surface area (Å²) >= 11 is 1.88. The fourth-order valence-electron chi connectivity index (χ4n) is 1.49. The number of hydrogen-bond acceptors (Lipinski definition) is 2. The lowest BCUT2D eigenvalue weighted by atomic mass is 10.1. The summed E-state index contributed by atoms with van der Waals surface area (Å²) in [4.78, 5) is 4.62. The topological polar surface area (TPSA) is 24.4 Å². The summed E-state index contributed by atoms with van der Waals surface area (Å²) in [7, 11) is 0. The van der Waals surface area contributed by atoms with E-state index in [9.17, 15) is 0 Å². The Labute approximate surface area is 92.0 Å². The molecule has 1 aliphatic rings. The predicted octanol–water partition coefficient (Wildman–Crippen LogP) is 2.89. The molecule has 1 fully saturated rings. The highest BCUT2D eigenvalue weighted by molar-refractivity contribution is 8.14. The number of nitrogens with zero attached hydrogens (tertiary/aromatic N) is 1. The minimum Gasteiger partial charge on any atom is -0.362 e. The molecule has 2 nitrogen and oxygen atoms in total. The van der Waals surface area contributed by atoms with Crippen LogP contribution in [-0.4, -0.2) is 23.0 Å². The lowest BCUT2D eigenvalue weighted by Gasteiger charge is -2.27. The molecule has 3 unspecified atom stereocenters. The fourth-order valence-corrected chi connectivity index (χ4v) is 2.68. The predicted molar refractivity (Wildman–Crippen MR) is 66.0 cm³/mol. The monoisotopic (exact) mass is 214 g/mol. The van der Waals surface area contributed by atoms with Gasteiger partial charge in [-0.1, -0.05) is 39.0 Å². The summed E-state index contributed by atoms with van der Waals surface area (Å²) in [6, 6.07) is 0.585. The highest BCUT2D eigenvalue weighted by Gasteiger charge is 2.19. The van der Waals surface area contributed by atoms with Gasteiger partial charge in [0, 0.05) is 17.8 Å². The molecule has 0 aliphatic carbocycles. The van der Waals surface area contributed by atoms with Gasteiger partial charge in [0.25, 0.3) is 0 Å². The fraction of sp³-hybridized carbons (Fsp3) is 0.909. The van der Waals surface area contributed by atoms with Crippen molar-refractivity contribution in [3.8, 4) is 0 Å². The molecule has 0 aromatic carbocycles. The van der Waals surface area contributed by atoms with Crippen molar-refractivity contribution in [3.05, 3.63) is 0 Å². The Morgan fingerprint density at radius 2 is 2.29 bits per heavy atom. The van der Waals surface area contributed by atoms with Gasteiger partial charge in [-0.3, -0.25) is 4.99 Å². The molecule has 1 saturated heterocycles. The van der Waals surface area contributed by atoms with Crippen LogP contribution in [0.25, 0.3) is 0 Å². The quantitative estimate of drug-likeness (QED) is 0.781. The maximum Gasteiger partial charge on any atom is 0.157 e. The molecule has 0 radical (unpaired) electrons. The molecule has 3 atom stereocenters. The average Bonchev–Trinajstić information content (AvgIpc) is 2.12. The van der Waals surface area contributed by atoms with Crippen molar-refractivity contribution in [3.63, 3.8) is 0 Å². The number of thioether (sulfide) groups is 1. The summed E-state index contributed by atoms with van der Waals surface area (Å²) in [5.74, 6) is 0.706. The zero-order valence-corrected chi connectivity index (χ0v) is 10.5. The van der Waals surface area contributed by atoms with E-state index in [1.165, 1.54) is 12.8 Å². The molecular weight excluding hydrogens is 192 g/mol. The maximum atomic E-state index is 4.62. The normalized spacial score (nSPS) is 32.7. The molecule has 0 aromatic rings. The second-order valence-corrected chi connectivity index (χ2v) is 5.80. The third-order valence-corrected chi connectivity index (χ3v) is 3.68. The van der Waals surface area contributed by atoms with Crippen molar-refractivity contribution in [1.29, 1.82) is 0 Å².